The highest BCUT2D eigenvalue weighted by molar-refractivity contribution is 5.75. The molecule has 4 rings (SSSR count). The number of nitrogens with two attached hydrogens (primary N) is 1. The van der Waals surface area contributed by atoms with Crippen LogP contribution in [0.5, 0.6) is 0 Å². The minimum Gasteiger partial charge on any atom is -0.461 e. The van der Waals surface area contributed by atoms with Gasteiger partial charge in [0.1, 0.15) is 18.9 Å². The second-order valence-corrected chi connectivity index (χ2v) is 15.1. The minimum atomic E-state index is -0.587. The van der Waals surface area contributed by atoms with E-state index in [-0.39, 0.29) is 17.7 Å². The predicted molar refractivity (Wildman–Crippen MR) is 160 cm³/mol. The first-order valence-electron chi connectivity index (χ1n) is 16.2. The lowest BCUT2D eigenvalue weighted by Crippen LogP contribution is -2.52. The monoisotopic (exact) mass is 561 g/mol. The topological polar surface area (TPSA) is 80.0 Å². The SMILES string of the molecule is COCC[C@H](N)C(=O)O[C@@H]1CCC2(C)C(CC[C@H]3[C@@H]4CCC([C@H](C)CCCOCOC(C)(C)C)C4(C)C=C[C@@H]32)C1. The first-order valence-corrected chi connectivity index (χ1v) is 16.2. The van der Waals surface area contributed by atoms with Crippen LogP contribution in [0.2, 0.25) is 0 Å². The number of allylic oxidation sites excluding steroid dienone is 2. The van der Waals surface area contributed by atoms with E-state index in [1.54, 1.807) is 7.11 Å². The standard InChI is InChI=1S/C34H59NO5/c1-23(9-8-19-38-22-39-32(2,3)4)27-12-13-28-26-11-10-24-21-25(40-31(36)30(35)16-20-37-7)14-17-33(24,5)29(26)15-18-34(27,28)6/h15,18,23-30H,8-14,16-17,19-22,35H2,1-7H3/t23-,24?,25-,26+,27?,28+,29+,30+,33?,34?/m1/s1. The van der Waals surface area contributed by atoms with Crippen LogP contribution >= 0.6 is 0 Å². The Balaban J connectivity index is 1.32. The second-order valence-electron chi connectivity index (χ2n) is 15.1. The molecule has 3 saturated carbocycles. The van der Waals surface area contributed by atoms with Gasteiger partial charge < -0.3 is 24.7 Å². The Labute approximate surface area is 244 Å². The van der Waals surface area contributed by atoms with Crippen LogP contribution in [0.25, 0.3) is 0 Å². The zero-order valence-electron chi connectivity index (χ0n) is 26.6. The maximum Gasteiger partial charge on any atom is 0.323 e. The van der Waals surface area contributed by atoms with E-state index < -0.39 is 6.04 Å². The molecule has 10 atom stereocenters. The average molecular weight is 562 g/mol. The molecule has 3 fully saturated rings. The molecule has 4 unspecified atom stereocenters. The number of fused-ring (bicyclic) bond motifs is 5. The average Bonchev–Trinajstić information content (AvgIpc) is 3.26. The van der Waals surface area contributed by atoms with E-state index in [0.717, 1.165) is 50.0 Å². The number of methoxy groups -OCH3 is 1. The lowest BCUT2D eigenvalue weighted by atomic mass is 9.46. The van der Waals surface area contributed by atoms with Gasteiger partial charge in [-0.15, -0.1) is 0 Å². The highest BCUT2D eigenvalue weighted by Gasteiger charge is 2.59. The van der Waals surface area contributed by atoms with Gasteiger partial charge in [0.05, 0.1) is 5.60 Å². The van der Waals surface area contributed by atoms with Crippen molar-refractivity contribution in [3.63, 3.8) is 0 Å². The fourth-order valence-electron chi connectivity index (χ4n) is 9.24. The molecule has 4 aliphatic rings. The number of carbonyl (C=O) groups excluding carboxylic acids is 1. The largest absolute Gasteiger partial charge is 0.461 e. The molecule has 0 heterocycles. The summed E-state index contributed by atoms with van der Waals surface area (Å²) in [5, 5.41) is 0. The molecule has 6 heteroatoms. The van der Waals surface area contributed by atoms with Crippen LogP contribution < -0.4 is 5.73 Å². The molecule has 230 valence electrons. The number of carbonyl (C=O) groups is 1. The number of esters is 1. The highest BCUT2D eigenvalue weighted by Crippen LogP contribution is 2.66. The highest BCUT2D eigenvalue weighted by atomic mass is 16.7. The summed E-state index contributed by atoms with van der Waals surface area (Å²) in [6, 6.07) is -0.587. The van der Waals surface area contributed by atoms with Crippen molar-refractivity contribution in [3.8, 4) is 0 Å². The lowest BCUT2D eigenvalue weighted by Gasteiger charge is -2.59. The molecule has 0 bridgehead atoms. The van der Waals surface area contributed by atoms with Crippen molar-refractivity contribution in [2.75, 3.05) is 27.1 Å². The molecule has 2 N–H and O–H groups in total. The van der Waals surface area contributed by atoms with E-state index in [1.165, 1.54) is 32.1 Å². The summed E-state index contributed by atoms with van der Waals surface area (Å²) in [7, 11) is 1.63. The Morgan fingerprint density at radius 1 is 1.07 bits per heavy atom. The van der Waals surface area contributed by atoms with Crippen molar-refractivity contribution < 1.29 is 23.7 Å². The first kappa shape index (κ1) is 32.0. The van der Waals surface area contributed by atoms with Gasteiger partial charge in [-0.3, -0.25) is 4.79 Å². The van der Waals surface area contributed by atoms with Crippen LogP contribution in [-0.2, 0) is 23.7 Å². The van der Waals surface area contributed by atoms with E-state index in [1.807, 2.05) is 0 Å². The van der Waals surface area contributed by atoms with Gasteiger partial charge in [0.25, 0.3) is 0 Å². The first-order chi connectivity index (χ1) is 18.9. The Hall–Kier alpha value is -0.950. The smallest absolute Gasteiger partial charge is 0.323 e. The van der Waals surface area contributed by atoms with E-state index in [0.29, 0.717) is 48.4 Å². The molecular formula is C34H59NO5. The van der Waals surface area contributed by atoms with Crippen LogP contribution in [0.4, 0.5) is 0 Å². The van der Waals surface area contributed by atoms with Crippen molar-refractivity contribution in [2.24, 2.45) is 52.1 Å². The third kappa shape index (κ3) is 6.98. The van der Waals surface area contributed by atoms with Gasteiger partial charge in [0.2, 0.25) is 0 Å². The molecule has 0 aromatic carbocycles. The van der Waals surface area contributed by atoms with E-state index in [2.05, 4.69) is 53.7 Å². The fourth-order valence-corrected chi connectivity index (χ4v) is 9.24. The molecule has 0 aromatic heterocycles. The molecule has 0 radical (unpaired) electrons. The number of hydrogen-bond acceptors (Lipinski definition) is 6. The maximum atomic E-state index is 12.6. The number of rotatable bonds is 12. The predicted octanol–water partition coefficient (Wildman–Crippen LogP) is 6.90. The van der Waals surface area contributed by atoms with Crippen molar-refractivity contribution >= 4 is 5.97 Å². The van der Waals surface area contributed by atoms with Gasteiger partial charge in [-0.1, -0.05) is 32.9 Å². The second kappa shape index (κ2) is 13.1. The fraction of sp³-hybridized carbons (Fsp3) is 0.912. The summed E-state index contributed by atoms with van der Waals surface area (Å²) in [6.07, 6.45) is 16.5. The summed E-state index contributed by atoms with van der Waals surface area (Å²) in [5.74, 6) is 4.03. The quantitative estimate of drug-likeness (QED) is 0.121. The van der Waals surface area contributed by atoms with Gasteiger partial charge in [-0.25, -0.2) is 0 Å². The molecule has 0 spiro atoms. The van der Waals surface area contributed by atoms with Crippen molar-refractivity contribution in [3.05, 3.63) is 12.2 Å². The molecular weight excluding hydrogens is 502 g/mol. The van der Waals surface area contributed by atoms with Gasteiger partial charge in [0, 0.05) is 20.3 Å². The van der Waals surface area contributed by atoms with Crippen LogP contribution in [-0.4, -0.2) is 50.8 Å². The lowest BCUT2D eigenvalue weighted by molar-refractivity contribution is -0.159. The molecule has 0 aliphatic heterocycles. The minimum absolute atomic E-state index is 0.00858. The molecule has 0 amide bonds. The third-order valence-electron chi connectivity index (χ3n) is 11.6. The van der Waals surface area contributed by atoms with Crippen molar-refractivity contribution in [1.82, 2.24) is 0 Å². The van der Waals surface area contributed by atoms with E-state index in [9.17, 15) is 4.79 Å². The maximum absolute atomic E-state index is 12.6. The molecule has 6 nitrogen and oxygen atoms in total. The van der Waals surface area contributed by atoms with Crippen LogP contribution in [0, 0.1) is 46.3 Å². The summed E-state index contributed by atoms with van der Waals surface area (Å²) >= 11 is 0. The third-order valence-corrected chi connectivity index (χ3v) is 11.6. The zero-order chi connectivity index (χ0) is 29.1. The van der Waals surface area contributed by atoms with E-state index in [4.69, 9.17) is 24.7 Å². The zero-order valence-corrected chi connectivity index (χ0v) is 26.6. The van der Waals surface area contributed by atoms with Crippen LogP contribution in [0.15, 0.2) is 12.2 Å². The van der Waals surface area contributed by atoms with Crippen molar-refractivity contribution in [1.29, 1.82) is 0 Å². The number of ether oxygens (including phenoxy) is 4. The molecule has 4 aliphatic carbocycles. The molecule has 0 saturated heterocycles. The molecule has 40 heavy (non-hydrogen) atoms. The van der Waals surface area contributed by atoms with Gasteiger partial charge in [-0.2, -0.15) is 0 Å². The summed E-state index contributed by atoms with van der Waals surface area (Å²) in [5.41, 5.74) is 6.51. The van der Waals surface area contributed by atoms with E-state index >= 15 is 0 Å². The summed E-state index contributed by atoms with van der Waals surface area (Å²) in [4.78, 5) is 12.6. The van der Waals surface area contributed by atoms with Gasteiger partial charge in [0.15, 0.2) is 0 Å². The van der Waals surface area contributed by atoms with Crippen LogP contribution in [0.1, 0.15) is 106 Å². The Bertz CT molecular complexity index is 869. The van der Waals surface area contributed by atoms with Gasteiger partial charge in [-0.05, 0) is 131 Å². The Morgan fingerprint density at radius 3 is 2.58 bits per heavy atom. The Kier molecular flexibility index (Phi) is 10.5. The van der Waals surface area contributed by atoms with Gasteiger partial charge >= 0.3 is 5.97 Å². The summed E-state index contributed by atoms with van der Waals surface area (Å²) in [6.45, 7) is 15.4. The number of hydrogen-bond donors (Lipinski definition) is 1. The molecule has 0 aromatic rings. The van der Waals surface area contributed by atoms with Crippen molar-refractivity contribution in [2.45, 2.75) is 123 Å². The normalized spacial score (nSPS) is 38.7. The van der Waals surface area contributed by atoms with Crippen LogP contribution in [0.3, 0.4) is 0 Å². The summed E-state index contributed by atoms with van der Waals surface area (Å²) < 4.78 is 22.5. The Morgan fingerprint density at radius 2 is 1.85 bits per heavy atom.